The third-order valence-corrected chi connectivity index (χ3v) is 2.16. The van der Waals surface area contributed by atoms with E-state index in [0.29, 0.717) is 6.42 Å². The summed E-state index contributed by atoms with van der Waals surface area (Å²) in [6.45, 7) is 4.55. The molecule has 76 valence electrons. The fourth-order valence-corrected chi connectivity index (χ4v) is 1.22. The molecule has 0 saturated carbocycles. The van der Waals surface area contributed by atoms with Gasteiger partial charge in [-0.2, -0.15) is 10.4 Å². The molecule has 0 amide bonds. The minimum Gasteiger partial charge on any atom is -0.295 e. The van der Waals surface area contributed by atoms with E-state index >= 15 is 0 Å². The van der Waals surface area contributed by atoms with Gasteiger partial charge in [0.25, 0.3) is 0 Å². The fourth-order valence-electron chi connectivity index (χ4n) is 1.22. The largest absolute Gasteiger partial charge is 0.295 e. The normalized spacial score (nSPS) is 10.4. The Balaban J connectivity index is 2.49. The van der Waals surface area contributed by atoms with E-state index in [9.17, 15) is 0 Å². The van der Waals surface area contributed by atoms with Crippen molar-refractivity contribution in [1.82, 2.24) is 19.7 Å². The van der Waals surface area contributed by atoms with Gasteiger partial charge in [0.05, 0.1) is 12.6 Å². The molecule has 0 aliphatic carbocycles. The van der Waals surface area contributed by atoms with Crippen LogP contribution < -0.4 is 0 Å². The third-order valence-electron chi connectivity index (χ3n) is 2.16. The van der Waals surface area contributed by atoms with Crippen LogP contribution in [0.5, 0.6) is 0 Å². The van der Waals surface area contributed by atoms with Crippen LogP contribution >= 0.6 is 0 Å². The van der Waals surface area contributed by atoms with E-state index in [1.165, 1.54) is 0 Å². The van der Waals surface area contributed by atoms with Crippen molar-refractivity contribution >= 4 is 0 Å². The highest BCUT2D eigenvalue weighted by Crippen LogP contribution is 1.99. The van der Waals surface area contributed by atoms with Gasteiger partial charge in [0.2, 0.25) is 0 Å². The monoisotopic (exact) mass is 193 g/mol. The Morgan fingerprint density at radius 3 is 2.93 bits per heavy atom. The topological polar surface area (TPSA) is 57.7 Å². The molecule has 5 nitrogen and oxygen atoms in total. The van der Waals surface area contributed by atoms with E-state index in [2.05, 4.69) is 28.0 Å². The van der Waals surface area contributed by atoms with Crippen LogP contribution in [0, 0.1) is 11.3 Å². The van der Waals surface area contributed by atoms with Crippen LogP contribution in [0.4, 0.5) is 0 Å². The first-order valence-corrected chi connectivity index (χ1v) is 4.70. The lowest BCUT2D eigenvalue weighted by molar-refractivity contribution is 0.275. The molecule has 5 heteroatoms. The summed E-state index contributed by atoms with van der Waals surface area (Å²) in [7, 11) is 1.88. The van der Waals surface area contributed by atoms with Gasteiger partial charge in [-0.25, -0.2) is 4.98 Å². The molecule has 0 N–H and O–H groups in total. The second kappa shape index (κ2) is 5.35. The van der Waals surface area contributed by atoms with E-state index < -0.39 is 0 Å². The molecule has 0 saturated heterocycles. The quantitative estimate of drug-likeness (QED) is 0.685. The summed E-state index contributed by atoms with van der Waals surface area (Å²) >= 11 is 0. The lowest BCUT2D eigenvalue weighted by Gasteiger charge is -2.17. The molecule has 1 rings (SSSR count). The number of hydrogen-bond donors (Lipinski definition) is 0. The standard InChI is InChI=1S/C9H15N5/c1-3-14(6-4-5-10)7-9-11-8-12-13(9)2/h8H,3-4,6-7H2,1-2H3. The minimum absolute atomic E-state index is 0.561. The SMILES string of the molecule is CCN(CCC#N)Cc1ncnn1C. The van der Waals surface area contributed by atoms with E-state index in [0.717, 1.165) is 25.5 Å². The van der Waals surface area contributed by atoms with Gasteiger partial charge >= 0.3 is 0 Å². The zero-order valence-corrected chi connectivity index (χ0v) is 8.64. The first-order valence-electron chi connectivity index (χ1n) is 4.70. The predicted molar refractivity (Wildman–Crippen MR) is 52.2 cm³/mol. The fraction of sp³-hybridized carbons (Fsp3) is 0.667. The maximum Gasteiger partial charge on any atom is 0.140 e. The van der Waals surface area contributed by atoms with Gasteiger partial charge in [0.15, 0.2) is 0 Å². The van der Waals surface area contributed by atoms with Crippen LogP contribution in [-0.2, 0) is 13.6 Å². The van der Waals surface area contributed by atoms with Gasteiger partial charge < -0.3 is 0 Å². The predicted octanol–water partition coefficient (Wildman–Crippen LogP) is 0.551. The molecular weight excluding hydrogens is 178 g/mol. The number of rotatable bonds is 5. The Morgan fingerprint density at radius 2 is 2.43 bits per heavy atom. The van der Waals surface area contributed by atoms with Crippen molar-refractivity contribution in [2.45, 2.75) is 19.9 Å². The second-order valence-corrected chi connectivity index (χ2v) is 3.08. The molecule has 0 aromatic carbocycles. The highest BCUT2D eigenvalue weighted by atomic mass is 15.3. The highest BCUT2D eigenvalue weighted by Gasteiger charge is 2.06. The summed E-state index contributed by atoms with van der Waals surface area (Å²) in [4.78, 5) is 6.31. The maximum absolute atomic E-state index is 8.48. The Bertz CT molecular complexity index is 311. The average molecular weight is 193 g/mol. The summed E-state index contributed by atoms with van der Waals surface area (Å²) < 4.78 is 1.76. The molecule has 0 spiro atoms. The third kappa shape index (κ3) is 2.82. The zero-order chi connectivity index (χ0) is 10.4. The molecule has 0 unspecified atom stereocenters. The number of aromatic nitrogens is 3. The van der Waals surface area contributed by atoms with Crippen LogP contribution in [0.3, 0.4) is 0 Å². The van der Waals surface area contributed by atoms with Crippen LogP contribution in [0.1, 0.15) is 19.2 Å². The summed E-state index contributed by atoms with van der Waals surface area (Å²) in [5, 5.41) is 12.5. The van der Waals surface area contributed by atoms with E-state index in [1.807, 2.05) is 7.05 Å². The van der Waals surface area contributed by atoms with Crippen molar-refractivity contribution in [1.29, 1.82) is 5.26 Å². The van der Waals surface area contributed by atoms with Crippen LogP contribution in [0.2, 0.25) is 0 Å². The number of hydrogen-bond acceptors (Lipinski definition) is 4. The van der Waals surface area contributed by atoms with Crippen molar-refractivity contribution in [2.24, 2.45) is 7.05 Å². The molecule has 0 fully saturated rings. The molecule has 0 radical (unpaired) electrons. The first-order chi connectivity index (χ1) is 6.77. The first kappa shape index (κ1) is 10.7. The maximum atomic E-state index is 8.48. The molecule has 14 heavy (non-hydrogen) atoms. The summed E-state index contributed by atoms with van der Waals surface area (Å²) in [5.41, 5.74) is 0. The average Bonchev–Trinajstić information content (AvgIpc) is 2.59. The van der Waals surface area contributed by atoms with Crippen molar-refractivity contribution in [3.05, 3.63) is 12.2 Å². The molecule has 1 aromatic heterocycles. The molecule has 1 heterocycles. The Morgan fingerprint density at radius 1 is 1.64 bits per heavy atom. The van der Waals surface area contributed by atoms with Crippen LogP contribution in [0.25, 0.3) is 0 Å². The van der Waals surface area contributed by atoms with Gasteiger partial charge in [0, 0.05) is 20.0 Å². The van der Waals surface area contributed by atoms with E-state index in [4.69, 9.17) is 5.26 Å². The molecule has 0 atom stereocenters. The minimum atomic E-state index is 0.561. The highest BCUT2D eigenvalue weighted by molar-refractivity contribution is 4.84. The molecule has 0 aliphatic rings. The number of nitrogens with zero attached hydrogens (tertiary/aromatic N) is 5. The van der Waals surface area contributed by atoms with Gasteiger partial charge in [0.1, 0.15) is 12.2 Å². The Labute approximate surface area is 84.0 Å². The number of nitriles is 1. The van der Waals surface area contributed by atoms with Crippen molar-refractivity contribution < 1.29 is 0 Å². The van der Waals surface area contributed by atoms with Gasteiger partial charge in [-0.3, -0.25) is 9.58 Å². The molecule has 1 aromatic rings. The van der Waals surface area contributed by atoms with E-state index in [1.54, 1.807) is 11.0 Å². The number of aryl methyl sites for hydroxylation is 1. The Hall–Kier alpha value is -1.41. The summed E-state index contributed by atoms with van der Waals surface area (Å²) in [6, 6.07) is 2.14. The lowest BCUT2D eigenvalue weighted by Crippen LogP contribution is -2.25. The van der Waals surface area contributed by atoms with Crippen LogP contribution in [-0.4, -0.2) is 32.8 Å². The molecule has 0 bridgehead atoms. The van der Waals surface area contributed by atoms with E-state index in [-0.39, 0.29) is 0 Å². The van der Waals surface area contributed by atoms with Crippen molar-refractivity contribution in [2.75, 3.05) is 13.1 Å². The van der Waals surface area contributed by atoms with Gasteiger partial charge in [-0.15, -0.1) is 0 Å². The van der Waals surface area contributed by atoms with Crippen LogP contribution in [0.15, 0.2) is 6.33 Å². The lowest BCUT2D eigenvalue weighted by atomic mass is 10.4. The van der Waals surface area contributed by atoms with Gasteiger partial charge in [-0.1, -0.05) is 6.92 Å². The molecule has 0 aliphatic heterocycles. The van der Waals surface area contributed by atoms with Crippen molar-refractivity contribution in [3.63, 3.8) is 0 Å². The summed E-state index contributed by atoms with van der Waals surface area (Å²) in [5.74, 6) is 0.935. The zero-order valence-electron chi connectivity index (χ0n) is 8.64. The smallest absolute Gasteiger partial charge is 0.140 e. The molecular formula is C9H15N5. The summed E-state index contributed by atoms with van der Waals surface area (Å²) in [6.07, 6.45) is 2.11. The Kier molecular flexibility index (Phi) is 4.08. The second-order valence-electron chi connectivity index (χ2n) is 3.08. The van der Waals surface area contributed by atoms with Crippen molar-refractivity contribution in [3.8, 4) is 6.07 Å². The van der Waals surface area contributed by atoms with Gasteiger partial charge in [-0.05, 0) is 6.54 Å².